The normalized spacial score (nSPS) is 15.7. The number of allylic oxidation sites excluding steroid dienone is 1. The zero-order valence-electron chi connectivity index (χ0n) is 16.9. The van der Waals surface area contributed by atoms with Crippen LogP contribution < -0.4 is 4.74 Å². The third kappa shape index (κ3) is 5.06. The molecule has 30 heavy (non-hydrogen) atoms. The smallest absolute Gasteiger partial charge is 0.303 e. The van der Waals surface area contributed by atoms with Gasteiger partial charge in [0.05, 0.1) is 0 Å². The maximum absolute atomic E-state index is 14.1. The van der Waals surface area contributed by atoms with Crippen LogP contribution in [0.15, 0.2) is 29.8 Å². The van der Waals surface area contributed by atoms with E-state index in [2.05, 4.69) is 6.07 Å². The van der Waals surface area contributed by atoms with Gasteiger partial charge in [-0.1, -0.05) is 6.07 Å². The SMILES string of the molecule is Cc1c(CCC(=O)O)ccc(OCC2=C(c3ccc(C#N)s3)CCC(F)(F)C2)c1C. The maximum Gasteiger partial charge on any atom is 0.303 e. The number of hydrogen-bond donors (Lipinski definition) is 1. The third-order valence-corrected chi connectivity index (χ3v) is 6.56. The van der Waals surface area contributed by atoms with Crippen LogP contribution in [-0.4, -0.2) is 23.6 Å². The average molecular weight is 432 g/mol. The van der Waals surface area contributed by atoms with Crippen LogP contribution in [0.5, 0.6) is 5.75 Å². The number of benzene rings is 1. The maximum atomic E-state index is 14.1. The molecule has 158 valence electrons. The Morgan fingerprint density at radius 3 is 2.70 bits per heavy atom. The molecule has 0 atom stereocenters. The minimum absolute atomic E-state index is 0.0529. The molecule has 1 N–H and O–H groups in total. The van der Waals surface area contributed by atoms with Gasteiger partial charge in [0.1, 0.15) is 23.3 Å². The number of ether oxygens (including phenoxy) is 1. The minimum atomic E-state index is -2.76. The second-order valence-corrected chi connectivity index (χ2v) is 8.63. The fraction of sp³-hybridized carbons (Fsp3) is 0.391. The first kappa shape index (κ1) is 22.0. The summed E-state index contributed by atoms with van der Waals surface area (Å²) in [6, 6.07) is 9.23. The Labute approximate surface area is 178 Å². The van der Waals surface area contributed by atoms with E-state index in [9.17, 15) is 13.6 Å². The van der Waals surface area contributed by atoms with Crippen molar-refractivity contribution in [3.05, 3.63) is 56.3 Å². The Morgan fingerprint density at radius 2 is 2.03 bits per heavy atom. The highest BCUT2D eigenvalue weighted by molar-refractivity contribution is 7.13. The largest absolute Gasteiger partial charge is 0.489 e. The van der Waals surface area contributed by atoms with Crippen molar-refractivity contribution in [3.63, 3.8) is 0 Å². The molecule has 1 heterocycles. The first-order valence-electron chi connectivity index (χ1n) is 9.73. The van der Waals surface area contributed by atoms with Crippen molar-refractivity contribution in [2.24, 2.45) is 0 Å². The van der Waals surface area contributed by atoms with Crippen LogP contribution in [0.4, 0.5) is 8.78 Å². The second-order valence-electron chi connectivity index (χ2n) is 7.55. The van der Waals surface area contributed by atoms with Crippen LogP contribution in [0.25, 0.3) is 5.57 Å². The van der Waals surface area contributed by atoms with Gasteiger partial charge in [0.2, 0.25) is 0 Å². The number of rotatable bonds is 7. The zero-order chi connectivity index (χ0) is 21.9. The molecule has 1 aromatic heterocycles. The van der Waals surface area contributed by atoms with Crippen LogP contribution in [0.3, 0.4) is 0 Å². The number of thiophene rings is 1. The molecule has 0 saturated carbocycles. The topological polar surface area (TPSA) is 70.3 Å². The van der Waals surface area contributed by atoms with Gasteiger partial charge in [-0.2, -0.15) is 5.26 Å². The van der Waals surface area contributed by atoms with Crippen molar-refractivity contribution in [1.82, 2.24) is 0 Å². The Hall–Kier alpha value is -2.72. The molecule has 7 heteroatoms. The molecule has 1 aliphatic carbocycles. The summed E-state index contributed by atoms with van der Waals surface area (Å²) >= 11 is 1.31. The van der Waals surface area contributed by atoms with E-state index in [1.54, 1.807) is 12.1 Å². The van der Waals surface area contributed by atoms with Gasteiger partial charge < -0.3 is 9.84 Å². The molecular formula is C23H23F2NO3S. The predicted octanol–water partition coefficient (Wildman–Crippen LogP) is 5.91. The number of nitrogens with zero attached hydrogens (tertiary/aromatic N) is 1. The second kappa shape index (κ2) is 8.97. The predicted molar refractivity (Wildman–Crippen MR) is 112 cm³/mol. The first-order valence-corrected chi connectivity index (χ1v) is 10.5. The highest BCUT2D eigenvalue weighted by Crippen LogP contribution is 2.42. The van der Waals surface area contributed by atoms with E-state index in [1.807, 2.05) is 26.0 Å². The molecule has 3 rings (SSSR count). The summed E-state index contributed by atoms with van der Waals surface area (Å²) in [5.74, 6) is -3.00. The van der Waals surface area contributed by atoms with Crippen LogP contribution in [-0.2, 0) is 11.2 Å². The molecule has 0 radical (unpaired) electrons. The number of carboxylic acids is 1. The summed E-state index contributed by atoms with van der Waals surface area (Å²) in [5, 5.41) is 18.0. The van der Waals surface area contributed by atoms with Crippen LogP contribution in [0, 0.1) is 25.2 Å². The lowest BCUT2D eigenvalue weighted by Gasteiger charge is -2.27. The number of aryl methyl sites for hydroxylation is 1. The van der Waals surface area contributed by atoms with Gasteiger partial charge in [0.15, 0.2) is 0 Å². The zero-order valence-corrected chi connectivity index (χ0v) is 17.7. The Morgan fingerprint density at radius 1 is 1.27 bits per heavy atom. The Kier molecular flexibility index (Phi) is 6.57. The number of hydrogen-bond acceptors (Lipinski definition) is 4. The summed E-state index contributed by atoms with van der Waals surface area (Å²) in [7, 11) is 0. The Bertz CT molecular complexity index is 1030. The summed E-state index contributed by atoms with van der Waals surface area (Å²) in [4.78, 5) is 12.2. The summed E-state index contributed by atoms with van der Waals surface area (Å²) in [5.41, 5.74) is 4.18. The molecule has 1 aromatic carbocycles. The molecular weight excluding hydrogens is 408 g/mol. The number of aliphatic carboxylic acids is 1. The van der Waals surface area contributed by atoms with Crippen molar-refractivity contribution >= 4 is 22.9 Å². The van der Waals surface area contributed by atoms with Crippen LogP contribution in [0.2, 0.25) is 0 Å². The molecule has 0 bridgehead atoms. The van der Waals surface area contributed by atoms with Gasteiger partial charge >= 0.3 is 5.97 Å². The van der Waals surface area contributed by atoms with E-state index in [1.165, 1.54) is 11.3 Å². The fourth-order valence-corrected chi connectivity index (χ4v) is 4.60. The number of alkyl halides is 2. The average Bonchev–Trinajstić information content (AvgIpc) is 3.16. The molecule has 0 aliphatic heterocycles. The van der Waals surface area contributed by atoms with E-state index >= 15 is 0 Å². The lowest BCUT2D eigenvalue weighted by molar-refractivity contribution is -0.136. The molecule has 2 aromatic rings. The molecule has 1 aliphatic rings. The number of nitriles is 1. The van der Waals surface area contributed by atoms with Gasteiger partial charge in [-0.3, -0.25) is 4.79 Å². The lowest BCUT2D eigenvalue weighted by Crippen LogP contribution is -2.24. The van der Waals surface area contributed by atoms with Gasteiger partial charge in [-0.05, 0) is 72.7 Å². The fourth-order valence-electron chi connectivity index (χ4n) is 3.67. The molecule has 4 nitrogen and oxygen atoms in total. The van der Waals surface area contributed by atoms with Crippen LogP contribution in [0.1, 0.15) is 52.1 Å². The van der Waals surface area contributed by atoms with Crippen molar-refractivity contribution in [2.75, 3.05) is 6.61 Å². The van der Waals surface area contributed by atoms with Crippen molar-refractivity contribution in [1.29, 1.82) is 5.26 Å². The molecule has 0 fully saturated rings. The van der Waals surface area contributed by atoms with E-state index in [0.717, 1.165) is 27.1 Å². The summed E-state index contributed by atoms with van der Waals surface area (Å²) in [6.07, 6.45) is 0.183. The number of halogens is 2. The molecule has 0 saturated heterocycles. The van der Waals surface area contributed by atoms with E-state index in [4.69, 9.17) is 15.1 Å². The van der Waals surface area contributed by atoms with Crippen molar-refractivity contribution < 1.29 is 23.4 Å². The third-order valence-electron chi connectivity index (χ3n) is 5.51. The van der Waals surface area contributed by atoms with Gasteiger partial charge in [0.25, 0.3) is 5.92 Å². The lowest BCUT2D eigenvalue weighted by atomic mass is 9.88. The van der Waals surface area contributed by atoms with Crippen molar-refractivity contribution in [3.8, 4) is 11.8 Å². The number of carboxylic acid groups (broad SMARTS) is 1. The quantitative estimate of drug-likeness (QED) is 0.592. The standard InChI is InChI=1S/C23H23F2NO3S/c1-14-15(2)20(6-3-16(14)4-8-22(27)28)29-13-17-11-23(24,25)10-9-19(17)21-7-5-18(12-26)30-21/h3,5-7H,4,8-11,13H2,1-2H3,(H,27,28). The van der Waals surface area contributed by atoms with E-state index in [-0.39, 0.29) is 32.3 Å². The van der Waals surface area contributed by atoms with Crippen molar-refractivity contribution in [2.45, 2.75) is 51.9 Å². The monoisotopic (exact) mass is 431 g/mol. The first-order chi connectivity index (χ1) is 14.2. The highest BCUT2D eigenvalue weighted by Gasteiger charge is 2.36. The minimum Gasteiger partial charge on any atom is -0.489 e. The summed E-state index contributed by atoms with van der Waals surface area (Å²) in [6.45, 7) is 3.85. The van der Waals surface area contributed by atoms with Gasteiger partial charge in [-0.25, -0.2) is 8.78 Å². The Balaban J connectivity index is 1.83. The van der Waals surface area contributed by atoms with Gasteiger partial charge in [-0.15, -0.1) is 11.3 Å². The van der Waals surface area contributed by atoms with E-state index in [0.29, 0.717) is 22.6 Å². The highest BCUT2D eigenvalue weighted by atomic mass is 32.1. The molecule has 0 spiro atoms. The van der Waals surface area contributed by atoms with Crippen LogP contribution >= 0.6 is 11.3 Å². The molecule has 0 amide bonds. The summed E-state index contributed by atoms with van der Waals surface area (Å²) < 4.78 is 34.1. The molecule has 0 unspecified atom stereocenters. The number of carbonyl (C=O) groups is 1. The van der Waals surface area contributed by atoms with E-state index < -0.39 is 11.9 Å². The van der Waals surface area contributed by atoms with Gasteiger partial charge in [0, 0.05) is 24.1 Å².